The molecule has 1 aromatic carbocycles. The van der Waals surface area contributed by atoms with Gasteiger partial charge in [0.2, 0.25) is 0 Å². The molecule has 0 bridgehead atoms. The minimum Gasteiger partial charge on any atom is -0.489 e. The van der Waals surface area contributed by atoms with Crippen molar-refractivity contribution in [3.05, 3.63) is 29.6 Å². The number of carbonyl (C=O) groups excluding carboxylic acids is 1. The standard InChI is InChI=1S/C14H17FO4S/c1-9(14(16)18-2)7-20(17)8-12-6-10-5-11(15)3-4-13(10)19-12/h3-5,9,12H,6-8H2,1-2H3. The summed E-state index contributed by atoms with van der Waals surface area (Å²) in [6.45, 7) is 1.68. The van der Waals surface area contributed by atoms with E-state index in [1.807, 2.05) is 0 Å². The average molecular weight is 300 g/mol. The van der Waals surface area contributed by atoms with E-state index in [9.17, 15) is 13.4 Å². The van der Waals surface area contributed by atoms with Crippen molar-refractivity contribution >= 4 is 16.8 Å². The smallest absolute Gasteiger partial charge is 0.309 e. The van der Waals surface area contributed by atoms with Crippen LogP contribution in [-0.4, -0.2) is 34.9 Å². The highest BCUT2D eigenvalue weighted by Gasteiger charge is 2.26. The van der Waals surface area contributed by atoms with Gasteiger partial charge in [0.05, 0.1) is 18.8 Å². The zero-order chi connectivity index (χ0) is 14.7. The van der Waals surface area contributed by atoms with Gasteiger partial charge in [-0.2, -0.15) is 0 Å². The van der Waals surface area contributed by atoms with Crippen molar-refractivity contribution in [3.63, 3.8) is 0 Å². The molecule has 0 aliphatic carbocycles. The number of methoxy groups -OCH3 is 1. The summed E-state index contributed by atoms with van der Waals surface area (Å²) in [5, 5.41) is 0. The molecule has 0 aromatic heterocycles. The van der Waals surface area contributed by atoms with Gasteiger partial charge in [0.15, 0.2) is 0 Å². The Hall–Kier alpha value is -1.43. The van der Waals surface area contributed by atoms with Crippen LogP contribution >= 0.6 is 0 Å². The Morgan fingerprint density at radius 2 is 2.35 bits per heavy atom. The van der Waals surface area contributed by atoms with Crippen LogP contribution in [0.5, 0.6) is 5.75 Å². The molecule has 0 fully saturated rings. The maximum atomic E-state index is 13.1. The quantitative estimate of drug-likeness (QED) is 0.777. The van der Waals surface area contributed by atoms with Crippen molar-refractivity contribution in [2.24, 2.45) is 5.92 Å². The third kappa shape index (κ3) is 3.56. The van der Waals surface area contributed by atoms with E-state index >= 15 is 0 Å². The maximum Gasteiger partial charge on any atom is 0.309 e. The van der Waals surface area contributed by atoms with E-state index in [4.69, 9.17) is 4.74 Å². The summed E-state index contributed by atoms with van der Waals surface area (Å²) in [6.07, 6.45) is 0.323. The molecule has 2 rings (SSSR count). The van der Waals surface area contributed by atoms with Crippen molar-refractivity contribution in [2.45, 2.75) is 19.4 Å². The Morgan fingerprint density at radius 3 is 3.05 bits per heavy atom. The van der Waals surface area contributed by atoms with Crippen LogP contribution in [-0.2, 0) is 26.8 Å². The Balaban J connectivity index is 1.87. The number of rotatable bonds is 5. The van der Waals surface area contributed by atoms with Gasteiger partial charge >= 0.3 is 5.97 Å². The molecule has 1 aliphatic heterocycles. The van der Waals surface area contributed by atoms with E-state index in [1.165, 1.54) is 19.2 Å². The molecule has 0 saturated heterocycles. The van der Waals surface area contributed by atoms with Crippen molar-refractivity contribution < 1.29 is 22.9 Å². The molecule has 0 spiro atoms. The average Bonchev–Trinajstić information content (AvgIpc) is 2.78. The largest absolute Gasteiger partial charge is 0.489 e. The van der Waals surface area contributed by atoms with E-state index in [0.717, 1.165) is 5.56 Å². The van der Waals surface area contributed by atoms with Crippen LogP contribution in [0.15, 0.2) is 18.2 Å². The topological polar surface area (TPSA) is 52.6 Å². The molecular weight excluding hydrogens is 283 g/mol. The highest BCUT2D eigenvalue weighted by Crippen LogP contribution is 2.29. The Bertz CT molecular complexity index is 532. The minimum absolute atomic E-state index is 0.225. The van der Waals surface area contributed by atoms with Crippen LogP contribution in [0.3, 0.4) is 0 Å². The van der Waals surface area contributed by atoms with Crippen LogP contribution < -0.4 is 4.74 Å². The Kier molecular flexibility index (Phi) is 4.75. The first-order chi connectivity index (χ1) is 9.49. The van der Waals surface area contributed by atoms with Gasteiger partial charge in [0, 0.05) is 28.5 Å². The normalized spacial score (nSPS) is 19.9. The molecule has 0 saturated carbocycles. The molecular formula is C14H17FO4S. The SMILES string of the molecule is COC(=O)C(C)CS(=O)CC1Cc2cc(F)ccc2O1. The summed E-state index contributed by atoms with van der Waals surface area (Å²) >= 11 is 0. The first-order valence-corrected chi connectivity index (χ1v) is 7.86. The van der Waals surface area contributed by atoms with Crippen LogP contribution in [0, 0.1) is 11.7 Å². The number of benzene rings is 1. The second-order valence-corrected chi connectivity index (χ2v) is 6.44. The summed E-state index contributed by atoms with van der Waals surface area (Å²) < 4.78 is 35.3. The molecule has 3 atom stereocenters. The van der Waals surface area contributed by atoms with Crippen LogP contribution in [0.4, 0.5) is 4.39 Å². The van der Waals surface area contributed by atoms with E-state index in [1.54, 1.807) is 13.0 Å². The number of esters is 1. The summed E-state index contributed by atoms with van der Waals surface area (Å²) in [4.78, 5) is 11.3. The monoisotopic (exact) mass is 300 g/mol. The van der Waals surface area contributed by atoms with Crippen LogP contribution in [0.25, 0.3) is 0 Å². The van der Waals surface area contributed by atoms with E-state index in [-0.39, 0.29) is 23.6 Å². The zero-order valence-electron chi connectivity index (χ0n) is 11.4. The summed E-state index contributed by atoms with van der Waals surface area (Å²) in [6, 6.07) is 4.37. The van der Waals surface area contributed by atoms with Gasteiger partial charge in [-0.1, -0.05) is 6.92 Å². The molecule has 0 N–H and O–H groups in total. The maximum absolute atomic E-state index is 13.1. The number of carbonyl (C=O) groups is 1. The number of ether oxygens (including phenoxy) is 2. The minimum atomic E-state index is -1.18. The lowest BCUT2D eigenvalue weighted by Crippen LogP contribution is -2.27. The number of hydrogen-bond donors (Lipinski definition) is 0. The van der Waals surface area contributed by atoms with Gasteiger partial charge in [0.1, 0.15) is 17.7 Å². The number of halogens is 1. The molecule has 6 heteroatoms. The molecule has 1 heterocycles. The first kappa shape index (κ1) is 15.0. The fraction of sp³-hybridized carbons (Fsp3) is 0.500. The Labute approximate surface area is 119 Å². The first-order valence-electron chi connectivity index (χ1n) is 6.37. The lowest BCUT2D eigenvalue weighted by Gasteiger charge is -2.12. The fourth-order valence-electron chi connectivity index (χ4n) is 2.21. The van der Waals surface area contributed by atoms with E-state index in [2.05, 4.69) is 4.74 Å². The van der Waals surface area contributed by atoms with Gasteiger partial charge in [0.25, 0.3) is 0 Å². The molecule has 3 unspecified atom stereocenters. The van der Waals surface area contributed by atoms with E-state index in [0.29, 0.717) is 17.9 Å². The summed E-state index contributed by atoms with van der Waals surface area (Å²) in [5.74, 6) is 0.162. The predicted molar refractivity (Wildman–Crippen MR) is 73.6 cm³/mol. The molecule has 1 aromatic rings. The molecule has 20 heavy (non-hydrogen) atoms. The molecule has 0 amide bonds. The third-order valence-corrected chi connectivity index (χ3v) is 4.79. The number of fused-ring (bicyclic) bond motifs is 1. The predicted octanol–water partition coefficient (Wildman–Crippen LogP) is 1.69. The lowest BCUT2D eigenvalue weighted by molar-refractivity contribution is -0.144. The lowest BCUT2D eigenvalue weighted by atomic mass is 10.1. The van der Waals surface area contributed by atoms with Crippen LogP contribution in [0.2, 0.25) is 0 Å². The zero-order valence-corrected chi connectivity index (χ0v) is 12.2. The van der Waals surface area contributed by atoms with Crippen molar-refractivity contribution in [1.29, 1.82) is 0 Å². The number of hydrogen-bond acceptors (Lipinski definition) is 4. The van der Waals surface area contributed by atoms with Crippen molar-refractivity contribution in [3.8, 4) is 5.75 Å². The molecule has 0 radical (unpaired) electrons. The molecule has 110 valence electrons. The van der Waals surface area contributed by atoms with Gasteiger partial charge < -0.3 is 9.47 Å². The second-order valence-electron chi connectivity index (χ2n) is 4.89. The molecule has 1 aliphatic rings. The molecule has 4 nitrogen and oxygen atoms in total. The highest BCUT2D eigenvalue weighted by molar-refractivity contribution is 7.85. The summed E-state index contributed by atoms with van der Waals surface area (Å²) in [5.41, 5.74) is 0.799. The van der Waals surface area contributed by atoms with E-state index < -0.39 is 16.7 Å². The van der Waals surface area contributed by atoms with Crippen molar-refractivity contribution in [1.82, 2.24) is 0 Å². The van der Waals surface area contributed by atoms with Gasteiger partial charge in [-0.05, 0) is 18.2 Å². The third-order valence-electron chi connectivity index (χ3n) is 3.17. The fourth-order valence-corrected chi connectivity index (χ4v) is 3.64. The van der Waals surface area contributed by atoms with Crippen molar-refractivity contribution in [2.75, 3.05) is 18.6 Å². The van der Waals surface area contributed by atoms with Gasteiger partial charge in [-0.25, -0.2) is 4.39 Å². The Morgan fingerprint density at radius 1 is 1.60 bits per heavy atom. The van der Waals surface area contributed by atoms with Crippen LogP contribution in [0.1, 0.15) is 12.5 Å². The summed E-state index contributed by atoms with van der Waals surface area (Å²) in [7, 11) is 0.137. The highest BCUT2D eigenvalue weighted by atomic mass is 32.2. The van der Waals surface area contributed by atoms with Gasteiger partial charge in [-0.15, -0.1) is 0 Å². The van der Waals surface area contributed by atoms with Gasteiger partial charge in [-0.3, -0.25) is 9.00 Å². The second kappa shape index (κ2) is 6.35.